The molecule has 3 aliphatic heterocycles. The number of benzene rings is 2. The minimum Gasteiger partial charge on any atom is -0.489 e. The van der Waals surface area contributed by atoms with Crippen molar-refractivity contribution in [1.82, 2.24) is 0 Å². The Balaban J connectivity index is 0.935. The van der Waals surface area contributed by atoms with E-state index in [1.165, 1.54) is 17.2 Å². The van der Waals surface area contributed by atoms with Crippen LogP contribution in [0.3, 0.4) is 0 Å². The van der Waals surface area contributed by atoms with Crippen molar-refractivity contribution in [1.29, 1.82) is 0 Å². The van der Waals surface area contributed by atoms with E-state index < -0.39 is 17.2 Å². The number of furan rings is 1. The topological polar surface area (TPSA) is 102 Å². The Labute approximate surface area is 286 Å². The third kappa shape index (κ3) is 7.30. The van der Waals surface area contributed by atoms with Gasteiger partial charge in [0.1, 0.15) is 41.6 Å². The maximum Gasteiger partial charge on any atom is 0.336 e. The van der Waals surface area contributed by atoms with Gasteiger partial charge in [-0.1, -0.05) is 17.2 Å². The first-order chi connectivity index (χ1) is 23.4. The van der Waals surface area contributed by atoms with Crippen molar-refractivity contribution in [2.24, 2.45) is 0 Å². The van der Waals surface area contributed by atoms with Gasteiger partial charge >= 0.3 is 11.6 Å². The SMILES string of the molecule is C/C(=C\COc1ccc2c(c1)OC1(CC2)OC(CC/C(C)=C/COc2c3ccoc3cc3oc(=O)ccc23)C(C)(C)O1)CCC1OC1(C)C. The van der Waals surface area contributed by atoms with Crippen molar-refractivity contribution in [3.8, 4) is 17.2 Å². The quantitative estimate of drug-likeness (QED) is 0.0831. The van der Waals surface area contributed by atoms with Gasteiger partial charge in [0, 0.05) is 24.6 Å². The van der Waals surface area contributed by atoms with Crippen LogP contribution in [0.1, 0.15) is 79.2 Å². The van der Waals surface area contributed by atoms with Crippen LogP contribution in [0, 0.1) is 0 Å². The lowest BCUT2D eigenvalue weighted by molar-refractivity contribution is -0.312. The second-order valence-electron chi connectivity index (χ2n) is 14.6. The molecule has 0 saturated carbocycles. The van der Waals surface area contributed by atoms with Crippen LogP contribution in [0.5, 0.6) is 17.2 Å². The third-order valence-corrected chi connectivity index (χ3v) is 9.94. The molecule has 2 fully saturated rings. The van der Waals surface area contributed by atoms with E-state index in [0.717, 1.165) is 59.9 Å². The highest BCUT2D eigenvalue weighted by atomic mass is 16.9. The number of fused-ring (bicyclic) bond motifs is 3. The van der Waals surface area contributed by atoms with Crippen molar-refractivity contribution in [2.45, 2.75) is 109 Å². The first-order valence-electron chi connectivity index (χ1n) is 17.3. The summed E-state index contributed by atoms with van der Waals surface area (Å²) in [7, 11) is 0. The third-order valence-electron chi connectivity index (χ3n) is 9.94. The Kier molecular flexibility index (Phi) is 8.88. The average molecular weight is 671 g/mol. The molecule has 5 heterocycles. The van der Waals surface area contributed by atoms with E-state index in [1.807, 2.05) is 18.2 Å². The van der Waals surface area contributed by atoms with Crippen LogP contribution in [0.25, 0.3) is 21.9 Å². The molecule has 49 heavy (non-hydrogen) atoms. The van der Waals surface area contributed by atoms with Crippen molar-refractivity contribution in [2.75, 3.05) is 13.2 Å². The number of aryl methyl sites for hydroxylation is 1. The molecule has 260 valence electrons. The van der Waals surface area contributed by atoms with Crippen molar-refractivity contribution in [3.63, 3.8) is 0 Å². The monoisotopic (exact) mass is 670 g/mol. The van der Waals surface area contributed by atoms with Crippen LogP contribution in [-0.4, -0.2) is 42.6 Å². The molecule has 3 atom stereocenters. The lowest BCUT2D eigenvalue weighted by Gasteiger charge is -2.34. The molecular weight excluding hydrogens is 624 g/mol. The van der Waals surface area contributed by atoms with E-state index in [0.29, 0.717) is 42.7 Å². The molecule has 0 bridgehead atoms. The van der Waals surface area contributed by atoms with E-state index in [1.54, 1.807) is 18.4 Å². The molecular formula is C40H46O9. The highest BCUT2D eigenvalue weighted by Crippen LogP contribution is 2.46. The highest BCUT2D eigenvalue weighted by molar-refractivity contribution is 6.01. The zero-order chi connectivity index (χ0) is 34.4. The maximum absolute atomic E-state index is 11.8. The van der Waals surface area contributed by atoms with Crippen molar-refractivity contribution in [3.05, 3.63) is 88.0 Å². The second kappa shape index (κ2) is 13.0. The van der Waals surface area contributed by atoms with E-state index >= 15 is 0 Å². The summed E-state index contributed by atoms with van der Waals surface area (Å²) in [4.78, 5) is 11.8. The molecule has 9 nitrogen and oxygen atoms in total. The summed E-state index contributed by atoms with van der Waals surface area (Å²) in [6.45, 7) is 13.5. The van der Waals surface area contributed by atoms with Gasteiger partial charge in [0.15, 0.2) is 0 Å². The summed E-state index contributed by atoms with van der Waals surface area (Å²) >= 11 is 0. The molecule has 0 N–H and O–H groups in total. The predicted molar refractivity (Wildman–Crippen MR) is 186 cm³/mol. The van der Waals surface area contributed by atoms with Crippen LogP contribution in [0.2, 0.25) is 0 Å². The summed E-state index contributed by atoms with van der Waals surface area (Å²) in [5.74, 6) is 0.990. The van der Waals surface area contributed by atoms with E-state index in [-0.39, 0.29) is 11.7 Å². The first-order valence-corrected chi connectivity index (χ1v) is 17.3. The Morgan fingerprint density at radius 3 is 2.27 bits per heavy atom. The molecule has 3 aliphatic rings. The number of hydrogen-bond acceptors (Lipinski definition) is 9. The molecule has 1 spiro atoms. The van der Waals surface area contributed by atoms with E-state index in [2.05, 4.69) is 59.8 Å². The van der Waals surface area contributed by atoms with Crippen molar-refractivity contribution < 1.29 is 37.3 Å². The molecule has 2 aromatic heterocycles. The summed E-state index contributed by atoms with van der Waals surface area (Å²) in [5.41, 5.74) is 3.69. The molecule has 9 heteroatoms. The summed E-state index contributed by atoms with van der Waals surface area (Å²) in [6.07, 6.45) is 11.0. The van der Waals surface area contributed by atoms with Gasteiger partial charge in [-0.05, 0) is 110 Å². The Morgan fingerprint density at radius 2 is 1.53 bits per heavy atom. The number of ether oxygens (including phenoxy) is 6. The molecule has 2 saturated heterocycles. The van der Waals surface area contributed by atoms with Gasteiger partial charge in [-0.3, -0.25) is 0 Å². The predicted octanol–water partition coefficient (Wildman–Crippen LogP) is 8.80. The largest absolute Gasteiger partial charge is 0.489 e. The smallest absolute Gasteiger partial charge is 0.336 e. The lowest BCUT2D eigenvalue weighted by atomic mass is 9.96. The van der Waals surface area contributed by atoms with Gasteiger partial charge in [-0.25, -0.2) is 4.79 Å². The fourth-order valence-electron chi connectivity index (χ4n) is 6.82. The number of epoxide rings is 1. The van der Waals surface area contributed by atoms with Crippen LogP contribution in [0.4, 0.5) is 0 Å². The van der Waals surface area contributed by atoms with Crippen LogP contribution in [0.15, 0.2) is 85.7 Å². The average Bonchev–Trinajstić information content (AvgIpc) is 3.31. The van der Waals surface area contributed by atoms with Crippen molar-refractivity contribution >= 4 is 21.9 Å². The highest BCUT2D eigenvalue weighted by Gasteiger charge is 2.55. The first kappa shape index (κ1) is 33.4. The normalized spacial score (nSPS) is 24.3. The zero-order valence-electron chi connectivity index (χ0n) is 29.3. The Bertz CT molecular complexity index is 1960. The van der Waals surface area contributed by atoms with Gasteiger partial charge in [0.05, 0.1) is 40.4 Å². The molecule has 0 aliphatic carbocycles. The van der Waals surface area contributed by atoms with Gasteiger partial charge in [-0.2, -0.15) is 0 Å². The number of hydrogen-bond donors (Lipinski definition) is 0. The van der Waals surface area contributed by atoms with E-state index in [9.17, 15) is 4.79 Å². The lowest BCUT2D eigenvalue weighted by Crippen LogP contribution is -2.42. The fraction of sp³-hybridized carbons (Fsp3) is 0.475. The van der Waals surface area contributed by atoms with Gasteiger partial charge in [0.2, 0.25) is 0 Å². The number of rotatable bonds is 12. The molecule has 7 rings (SSSR count). The number of allylic oxidation sites excluding steroid dienone is 2. The Morgan fingerprint density at radius 1 is 0.837 bits per heavy atom. The fourth-order valence-corrected chi connectivity index (χ4v) is 6.82. The summed E-state index contributed by atoms with van der Waals surface area (Å²) in [6, 6.07) is 12.7. The minimum absolute atomic E-state index is 0.0306. The summed E-state index contributed by atoms with van der Waals surface area (Å²) < 4.78 is 48.5. The molecule has 0 radical (unpaired) electrons. The minimum atomic E-state index is -1.13. The van der Waals surface area contributed by atoms with Crippen LogP contribution >= 0.6 is 0 Å². The van der Waals surface area contributed by atoms with Gasteiger partial charge < -0.3 is 37.3 Å². The molecule has 4 aromatic rings. The Hall–Kier alpha value is -4.05. The zero-order valence-corrected chi connectivity index (χ0v) is 29.3. The van der Waals surface area contributed by atoms with Gasteiger partial charge in [0.25, 0.3) is 0 Å². The van der Waals surface area contributed by atoms with Crippen LogP contribution in [-0.2, 0) is 20.6 Å². The van der Waals surface area contributed by atoms with Gasteiger partial charge in [-0.15, -0.1) is 0 Å². The van der Waals surface area contributed by atoms with Crippen LogP contribution < -0.4 is 19.8 Å². The molecule has 2 aromatic carbocycles. The molecule has 0 amide bonds. The van der Waals surface area contributed by atoms with E-state index in [4.69, 9.17) is 37.3 Å². The maximum atomic E-state index is 11.8. The second-order valence-corrected chi connectivity index (χ2v) is 14.6. The summed E-state index contributed by atoms with van der Waals surface area (Å²) in [5, 5.41) is 1.55. The standard InChI is InChI=1S/C40H46O9/c1-25(7-12-34-38(3,4)47-34)16-20-42-28-10-9-27-15-19-40(46-31(27)23-28)48-35(39(5,6)49-40)13-8-26(2)17-21-44-37-29-11-14-36(41)45-33(29)24-32-30(37)18-22-43-32/h9-11,14,16-18,22-24,34-35H,7-8,12-13,15,19-21H2,1-6H3/b25-16+,26-17+. The molecule has 3 unspecified atom stereocenters.